The van der Waals surface area contributed by atoms with Gasteiger partial charge in [-0.2, -0.15) is 0 Å². The molecule has 0 spiro atoms. The number of carbonyl (C=O) groups excluding carboxylic acids is 1. The molecule has 0 aromatic rings. The SMILES string of the molecule is CC.CC1C=CC=CC1C(=O)[O-]. The number of carbonyl (C=O) groups is 1. The molecule has 1 aliphatic carbocycles. The first-order valence-electron chi connectivity index (χ1n) is 4.27. The van der Waals surface area contributed by atoms with Gasteiger partial charge in [0.15, 0.2) is 0 Å². The molecule has 0 heterocycles. The Bertz CT molecular complexity index is 192. The highest BCUT2D eigenvalue weighted by molar-refractivity contribution is 5.71. The van der Waals surface area contributed by atoms with Crippen molar-refractivity contribution in [2.45, 2.75) is 20.8 Å². The zero-order valence-electron chi connectivity index (χ0n) is 7.78. The topological polar surface area (TPSA) is 40.1 Å². The van der Waals surface area contributed by atoms with Gasteiger partial charge >= 0.3 is 0 Å². The van der Waals surface area contributed by atoms with Gasteiger partial charge in [0.25, 0.3) is 0 Å². The molecule has 0 aliphatic heterocycles. The van der Waals surface area contributed by atoms with Crippen LogP contribution >= 0.6 is 0 Å². The summed E-state index contributed by atoms with van der Waals surface area (Å²) in [6.07, 6.45) is 7.10. The molecule has 0 saturated carbocycles. The molecule has 0 bridgehead atoms. The molecule has 2 atom stereocenters. The summed E-state index contributed by atoms with van der Waals surface area (Å²) >= 11 is 0. The van der Waals surface area contributed by atoms with Crippen molar-refractivity contribution in [1.29, 1.82) is 0 Å². The Morgan fingerprint density at radius 2 is 1.75 bits per heavy atom. The highest BCUT2D eigenvalue weighted by Crippen LogP contribution is 2.17. The Kier molecular flexibility index (Phi) is 5.09. The summed E-state index contributed by atoms with van der Waals surface area (Å²) in [5.41, 5.74) is 0. The molecule has 1 rings (SSSR count). The third kappa shape index (κ3) is 2.91. The smallest absolute Gasteiger partial charge is 0.0488 e. The summed E-state index contributed by atoms with van der Waals surface area (Å²) in [5, 5.41) is 10.4. The van der Waals surface area contributed by atoms with Gasteiger partial charge in [0.2, 0.25) is 0 Å². The number of allylic oxidation sites excluding steroid dienone is 3. The second kappa shape index (κ2) is 5.58. The van der Waals surface area contributed by atoms with Crippen LogP contribution in [0.3, 0.4) is 0 Å². The predicted octanol–water partition coefficient (Wildman–Crippen LogP) is 1.14. The molecule has 2 nitrogen and oxygen atoms in total. The maximum absolute atomic E-state index is 10.4. The van der Waals surface area contributed by atoms with Crippen LogP contribution in [0.25, 0.3) is 0 Å². The van der Waals surface area contributed by atoms with Crippen LogP contribution in [0.15, 0.2) is 24.3 Å². The number of rotatable bonds is 1. The summed E-state index contributed by atoms with van der Waals surface area (Å²) in [6.45, 7) is 5.86. The summed E-state index contributed by atoms with van der Waals surface area (Å²) in [4.78, 5) is 10.4. The molecule has 0 aromatic heterocycles. The summed E-state index contributed by atoms with van der Waals surface area (Å²) < 4.78 is 0. The molecule has 2 unspecified atom stereocenters. The van der Waals surface area contributed by atoms with Gasteiger partial charge in [-0.05, 0) is 5.92 Å². The van der Waals surface area contributed by atoms with Crippen LogP contribution in [0.4, 0.5) is 0 Å². The van der Waals surface area contributed by atoms with Gasteiger partial charge in [-0.1, -0.05) is 45.1 Å². The second-order valence-electron chi connectivity index (χ2n) is 2.47. The Labute approximate surface area is 73.6 Å². The Balaban J connectivity index is 0.000000561. The van der Waals surface area contributed by atoms with E-state index in [1.807, 2.05) is 32.9 Å². The molecular weight excluding hydrogens is 152 g/mol. The van der Waals surface area contributed by atoms with E-state index >= 15 is 0 Å². The van der Waals surface area contributed by atoms with Gasteiger partial charge in [-0.25, -0.2) is 0 Å². The van der Waals surface area contributed by atoms with Crippen molar-refractivity contribution in [3.8, 4) is 0 Å². The lowest BCUT2D eigenvalue weighted by atomic mass is 9.90. The molecule has 0 fully saturated rings. The highest BCUT2D eigenvalue weighted by Gasteiger charge is 2.13. The van der Waals surface area contributed by atoms with E-state index in [0.717, 1.165) is 0 Å². The van der Waals surface area contributed by atoms with Crippen molar-refractivity contribution >= 4 is 5.97 Å². The van der Waals surface area contributed by atoms with Crippen LogP contribution in [0.5, 0.6) is 0 Å². The largest absolute Gasteiger partial charge is 0.549 e. The Morgan fingerprint density at radius 1 is 1.25 bits per heavy atom. The van der Waals surface area contributed by atoms with Crippen LogP contribution in [0.2, 0.25) is 0 Å². The normalized spacial score (nSPS) is 25.9. The van der Waals surface area contributed by atoms with Gasteiger partial charge < -0.3 is 9.90 Å². The first kappa shape index (κ1) is 11.0. The fourth-order valence-electron chi connectivity index (χ4n) is 1.01. The third-order valence-corrected chi connectivity index (χ3v) is 1.68. The number of carboxylic acid groups (broad SMARTS) is 1. The van der Waals surface area contributed by atoms with Crippen molar-refractivity contribution in [3.63, 3.8) is 0 Å². The molecule has 0 saturated heterocycles. The first-order valence-corrected chi connectivity index (χ1v) is 4.27. The van der Waals surface area contributed by atoms with Crippen molar-refractivity contribution in [1.82, 2.24) is 0 Å². The molecule has 2 heteroatoms. The predicted molar refractivity (Wildman–Crippen MR) is 47.3 cm³/mol. The van der Waals surface area contributed by atoms with Crippen molar-refractivity contribution in [2.75, 3.05) is 0 Å². The Hall–Kier alpha value is -1.05. The van der Waals surface area contributed by atoms with E-state index < -0.39 is 11.9 Å². The lowest BCUT2D eigenvalue weighted by Gasteiger charge is -2.20. The number of hydrogen-bond acceptors (Lipinski definition) is 2. The zero-order chi connectivity index (χ0) is 9.56. The Morgan fingerprint density at radius 3 is 2.08 bits per heavy atom. The molecule has 0 amide bonds. The van der Waals surface area contributed by atoms with E-state index in [0.29, 0.717) is 0 Å². The maximum Gasteiger partial charge on any atom is 0.0488 e. The molecule has 68 valence electrons. The lowest BCUT2D eigenvalue weighted by molar-refractivity contribution is -0.310. The molecule has 1 aliphatic rings. The minimum absolute atomic E-state index is 0.0648. The third-order valence-electron chi connectivity index (χ3n) is 1.68. The van der Waals surface area contributed by atoms with Gasteiger partial charge in [-0.3, -0.25) is 0 Å². The molecular formula is C10H15O2-. The van der Waals surface area contributed by atoms with Gasteiger partial charge in [0.1, 0.15) is 0 Å². The first-order chi connectivity index (χ1) is 5.72. The second-order valence-corrected chi connectivity index (χ2v) is 2.47. The quantitative estimate of drug-likeness (QED) is 0.587. The standard InChI is InChI=1S/C8H10O2.C2H6/c1-6-4-2-3-5-7(6)8(9)10;1-2/h2-7H,1H3,(H,9,10);1-2H3/p-1. The van der Waals surface area contributed by atoms with E-state index in [1.165, 1.54) is 0 Å². The number of carboxylic acids is 1. The number of hydrogen-bond donors (Lipinski definition) is 0. The number of aliphatic carboxylic acids is 1. The van der Waals surface area contributed by atoms with Crippen LogP contribution in [0.1, 0.15) is 20.8 Å². The van der Waals surface area contributed by atoms with Crippen LogP contribution in [0, 0.1) is 11.8 Å². The van der Waals surface area contributed by atoms with Crippen molar-refractivity contribution in [2.24, 2.45) is 11.8 Å². The summed E-state index contributed by atoms with van der Waals surface area (Å²) in [5.74, 6) is -1.37. The van der Waals surface area contributed by atoms with Crippen molar-refractivity contribution in [3.05, 3.63) is 24.3 Å². The fraction of sp³-hybridized carbons (Fsp3) is 0.500. The maximum atomic E-state index is 10.4. The van der Waals surface area contributed by atoms with Crippen molar-refractivity contribution < 1.29 is 9.90 Å². The lowest BCUT2D eigenvalue weighted by Crippen LogP contribution is -2.33. The average Bonchev–Trinajstić information content (AvgIpc) is 2.08. The fourth-order valence-corrected chi connectivity index (χ4v) is 1.01. The molecule has 12 heavy (non-hydrogen) atoms. The summed E-state index contributed by atoms with van der Waals surface area (Å²) in [7, 11) is 0. The summed E-state index contributed by atoms with van der Waals surface area (Å²) in [6, 6.07) is 0. The van der Waals surface area contributed by atoms with E-state index in [2.05, 4.69) is 0 Å². The average molecular weight is 167 g/mol. The van der Waals surface area contributed by atoms with E-state index in [-0.39, 0.29) is 5.92 Å². The minimum atomic E-state index is -0.992. The molecule has 0 N–H and O–H groups in total. The molecule has 0 aromatic carbocycles. The van der Waals surface area contributed by atoms with E-state index in [1.54, 1.807) is 12.2 Å². The van der Waals surface area contributed by atoms with Crippen LogP contribution in [-0.2, 0) is 4.79 Å². The highest BCUT2D eigenvalue weighted by atomic mass is 16.4. The van der Waals surface area contributed by atoms with Crippen LogP contribution in [-0.4, -0.2) is 5.97 Å². The zero-order valence-corrected chi connectivity index (χ0v) is 7.78. The van der Waals surface area contributed by atoms with E-state index in [9.17, 15) is 9.90 Å². The minimum Gasteiger partial charge on any atom is -0.549 e. The van der Waals surface area contributed by atoms with Gasteiger partial charge in [-0.15, -0.1) is 0 Å². The molecule has 0 radical (unpaired) electrons. The van der Waals surface area contributed by atoms with E-state index in [4.69, 9.17) is 0 Å². The van der Waals surface area contributed by atoms with Crippen LogP contribution < -0.4 is 5.11 Å². The van der Waals surface area contributed by atoms with Gasteiger partial charge in [0.05, 0.1) is 0 Å². The monoisotopic (exact) mass is 167 g/mol. The van der Waals surface area contributed by atoms with Gasteiger partial charge in [0, 0.05) is 11.9 Å².